The third-order valence-corrected chi connectivity index (χ3v) is 5.49. The van der Waals surface area contributed by atoms with Crippen molar-refractivity contribution in [2.24, 2.45) is 0 Å². The topological polar surface area (TPSA) is 19.4 Å². The molecule has 4 heteroatoms. The van der Waals surface area contributed by atoms with Crippen LogP contribution in [0.3, 0.4) is 0 Å². The van der Waals surface area contributed by atoms with Gasteiger partial charge in [0.15, 0.2) is 5.13 Å². The number of nitrogens with zero attached hydrogens (tertiary/aromatic N) is 3. The van der Waals surface area contributed by atoms with E-state index in [9.17, 15) is 0 Å². The summed E-state index contributed by atoms with van der Waals surface area (Å²) in [4.78, 5) is 9.56. The van der Waals surface area contributed by atoms with Crippen molar-refractivity contribution in [3.05, 3.63) is 59.1 Å². The van der Waals surface area contributed by atoms with Gasteiger partial charge in [0.25, 0.3) is 0 Å². The van der Waals surface area contributed by atoms with E-state index in [4.69, 9.17) is 0 Å². The summed E-state index contributed by atoms with van der Waals surface area (Å²) in [6.45, 7) is 7.45. The summed E-state index contributed by atoms with van der Waals surface area (Å²) >= 11 is 1.76. The molecule has 1 fully saturated rings. The Kier molecular flexibility index (Phi) is 4.02. The van der Waals surface area contributed by atoms with Gasteiger partial charge in [-0.05, 0) is 29.3 Å². The Morgan fingerprint density at radius 3 is 2.52 bits per heavy atom. The second kappa shape index (κ2) is 6.30. The van der Waals surface area contributed by atoms with Gasteiger partial charge >= 0.3 is 0 Å². The van der Waals surface area contributed by atoms with E-state index >= 15 is 0 Å². The minimum Gasteiger partial charge on any atom is -0.346 e. The van der Waals surface area contributed by atoms with Crippen molar-refractivity contribution >= 4 is 27.2 Å². The van der Waals surface area contributed by atoms with Gasteiger partial charge in [-0.3, -0.25) is 4.90 Å². The van der Waals surface area contributed by atoms with E-state index < -0.39 is 0 Å². The fraction of sp³-hybridized carbons (Fsp3) is 0.316. The van der Waals surface area contributed by atoms with E-state index in [2.05, 4.69) is 69.6 Å². The Morgan fingerprint density at radius 2 is 1.78 bits per heavy atom. The monoisotopic (exact) mass is 323 g/mol. The van der Waals surface area contributed by atoms with Gasteiger partial charge in [-0.15, -0.1) is 11.3 Å². The molecule has 0 bridgehead atoms. The van der Waals surface area contributed by atoms with E-state index in [1.165, 1.54) is 21.5 Å². The molecule has 0 amide bonds. The largest absolute Gasteiger partial charge is 0.346 e. The molecule has 1 aromatic heterocycles. The molecule has 0 saturated carbocycles. The fourth-order valence-electron chi connectivity index (χ4n) is 3.18. The van der Waals surface area contributed by atoms with Crippen LogP contribution in [0.5, 0.6) is 0 Å². The minimum absolute atomic E-state index is 1.04. The number of piperazine rings is 1. The number of benzene rings is 2. The maximum absolute atomic E-state index is 4.60. The smallest absolute Gasteiger partial charge is 0.185 e. The number of thiazole rings is 1. The fourth-order valence-corrected chi connectivity index (χ4v) is 4.04. The molecule has 3 aromatic rings. The maximum atomic E-state index is 4.60. The van der Waals surface area contributed by atoms with Gasteiger partial charge in [0.05, 0.1) is 5.69 Å². The molecule has 1 saturated heterocycles. The minimum atomic E-state index is 1.04. The van der Waals surface area contributed by atoms with Crippen LogP contribution < -0.4 is 4.90 Å². The van der Waals surface area contributed by atoms with Crippen molar-refractivity contribution in [3.8, 4) is 0 Å². The maximum Gasteiger partial charge on any atom is 0.185 e. The van der Waals surface area contributed by atoms with Crippen molar-refractivity contribution in [2.75, 3.05) is 31.1 Å². The molecule has 0 N–H and O–H groups in total. The van der Waals surface area contributed by atoms with Crippen LogP contribution in [-0.2, 0) is 6.54 Å². The highest BCUT2D eigenvalue weighted by atomic mass is 32.1. The standard InChI is InChI=1S/C19H21N3S/c1-15-14-23-19(20-15)22-10-8-21(9-11-22)13-16-6-7-17-4-2-3-5-18(17)12-16/h2-7,12,14H,8-11,13H2,1H3. The zero-order chi connectivity index (χ0) is 15.6. The third-order valence-electron chi connectivity index (χ3n) is 4.47. The number of rotatable bonds is 3. The molecule has 0 spiro atoms. The zero-order valence-corrected chi connectivity index (χ0v) is 14.2. The summed E-state index contributed by atoms with van der Waals surface area (Å²) in [7, 11) is 0. The molecule has 2 aromatic carbocycles. The summed E-state index contributed by atoms with van der Waals surface area (Å²) < 4.78 is 0. The molecule has 0 atom stereocenters. The van der Waals surface area contributed by atoms with Crippen LogP contribution in [0.2, 0.25) is 0 Å². The number of anilines is 1. The van der Waals surface area contributed by atoms with E-state index in [0.29, 0.717) is 0 Å². The van der Waals surface area contributed by atoms with E-state index in [0.717, 1.165) is 38.4 Å². The number of aromatic nitrogens is 1. The Hall–Kier alpha value is -1.91. The van der Waals surface area contributed by atoms with E-state index in [-0.39, 0.29) is 0 Å². The number of hydrogen-bond acceptors (Lipinski definition) is 4. The van der Waals surface area contributed by atoms with E-state index in [1.807, 2.05) is 0 Å². The number of fused-ring (bicyclic) bond motifs is 1. The van der Waals surface area contributed by atoms with Crippen molar-refractivity contribution in [3.63, 3.8) is 0 Å². The lowest BCUT2D eigenvalue weighted by Crippen LogP contribution is -2.45. The van der Waals surface area contributed by atoms with Gasteiger partial charge in [-0.2, -0.15) is 0 Å². The molecule has 0 aliphatic carbocycles. The molecule has 4 rings (SSSR count). The first-order chi connectivity index (χ1) is 11.3. The molecule has 118 valence electrons. The SMILES string of the molecule is Cc1csc(N2CCN(Cc3ccc4ccccc4c3)CC2)n1. The van der Waals surface area contributed by atoms with Gasteiger partial charge in [-0.25, -0.2) is 4.98 Å². The molecule has 1 aliphatic heterocycles. The third kappa shape index (κ3) is 3.23. The Morgan fingerprint density at radius 1 is 1.00 bits per heavy atom. The van der Waals surface area contributed by atoms with Gasteiger partial charge in [0.1, 0.15) is 0 Å². The first-order valence-corrected chi connectivity index (χ1v) is 9.03. The first kappa shape index (κ1) is 14.7. The van der Waals surface area contributed by atoms with Gasteiger partial charge in [-0.1, -0.05) is 36.4 Å². The molecule has 0 unspecified atom stereocenters. The zero-order valence-electron chi connectivity index (χ0n) is 13.4. The summed E-state index contributed by atoms with van der Waals surface area (Å²) in [6.07, 6.45) is 0. The van der Waals surface area contributed by atoms with Crippen LogP contribution >= 0.6 is 11.3 Å². The Bertz CT molecular complexity index is 803. The summed E-state index contributed by atoms with van der Waals surface area (Å²) in [5, 5.41) is 5.96. The molecule has 3 nitrogen and oxygen atoms in total. The van der Waals surface area contributed by atoms with Crippen LogP contribution in [-0.4, -0.2) is 36.1 Å². The van der Waals surface area contributed by atoms with E-state index in [1.54, 1.807) is 11.3 Å². The summed E-state index contributed by atoms with van der Waals surface area (Å²) in [5.41, 5.74) is 2.53. The highest BCUT2D eigenvalue weighted by Crippen LogP contribution is 2.22. The second-order valence-electron chi connectivity index (χ2n) is 6.22. The van der Waals surface area contributed by atoms with Crippen LogP contribution in [0.4, 0.5) is 5.13 Å². The second-order valence-corrected chi connectivity index (χ2v) is 7.05. The first-order valence-electron chi connectivity index (χ1n) is 8.15. The summed E-state index contributed by atoms with van der Waals surface area (Å²) in [5.74, 6) is 0. The van der Waals surface area contributed by atoms with Gasteiger partial charge < -0.3 is 4.90 Å². The molecule has 2 heterocycles. The highest BCUT2D eigenvalue weighted by molar-refractivity contribution is 7.13. The van der Waals surface area contributed by atoms with Gasteiger partial charge in [0.2, 0.25) is 0 Å². The quantitative estimate of drug-likeness (QED) is 0.728. The molecular formula is C19H21N3S. The predicted molar refractivity (Wildman–Crippen MR) is 98.3 cm³/mol. The summed E-state index contributed by atoms with van der Waals surface area (Å²) in [6, 6.07) is 15.4. The molecular weight excluding hydrogens is 302 g/mol. The molecule has 0 radical (unpaired) electrons. The Labute approximate surface area is 141 Å². The lowest BCUT2D eigenvalue weighted by molar-refractivity contribution is 0.250. The van der Waals surface area contributed by atoms with Crippen LogP contribution in [0.15, 0.2) is 47.8 Å². The van der Waals surface area contributed by atoms with Crippen LogP contribution in [0.25, 0.3) is 10.8 Å². The van der Waals surface area contributed by atoms with Crippen molar-refractivity contribution in [1.82, 2.24) is 9.88 Å². The lowest BCUT2D eigenvalue weighted by atomic mass is 10.1. The number of hydrogen-bond donors (Lipinski definition) is 0. The van der Waals surface area contributed by atoms with Crippen LogP contribution in [0, 0.1) is 6.92 Å². The van der Waals surface area contributed by atoms with Gasteiger partial charge in [0, 0.05) is 38.1 Å². The number of aryl methyl sites for hydroxylation is 1. The van der Waals surface area contributed by atoms with Crippen LogP contribution in [0.1, 0.15) is 11.3 Å². The highest BCUT2D eigenvalue weighted by Gasteiger charge is 2.19. The lowest BCUT2D eigenvalue weighted by Gasteiger charge is -2.34. The predicted octanol–water partition coefficient (Wildman–Crippen LogP) is 3.93. The average molecular weight is 323 g/mol. The normalized spacial score (nSPS) is 16.1. The Balaban J connectivity index is 1.40. The molecule has 23 heavy (non-hydrogen) atoms. The van der Waals surface area contributed by atoms with Crippen molar-refractivity contribution < 1.29 is 0 Å². The van der Waals surface area contributed by atoms with Crippen molar-refractivity contribution in [2.45, 2.75) is 13.5 Å². The molecule has 1 aliphatic rings. The average Bonchev–Trinajstić information content (AvgIpc) is 3.02. The van der Waals surface area contributed by atoms with Crippen molar-refractivity contribution in [1.29, 1.82) is 0 Å².